The van der Waals surface area contributed by atoms with Crippen molar-refractivity contribution in [3.05, 3.63) is 48.1 Å². The van der Waals surface area contributed by atoms with Gasteiger partial charge in [-0.15, -0.1) is 0 Å². The highest BCUT2D eigenvalue weighted by Gasteiger charge is 2.14. The monoisotopic (exact) mass is 328 g/mol. The van der Waals surface area contributed by atoms with Gasteiger partial charge in [0.2, 0.25) is 0 Å². The number of hydrogen-bond donors (Lipinski definition) is 0. The molecule has 3 aromatic rings. The van der Waals surface area contributed by atoms with Crippen molar-refractivity contribution in [1.29, 1.82) is 0 Å². The maximum Gasteiger partial charge on any atom is 0.264 e. The van der Waals surface area contributed by atoms with Crippen LogP contribution in [0.3, 0.4) is 0 Å². The summed E-state index contributed by atoms with van der Waals surface area (Å²) in [6.45, 7) is 4.62. The Bertz CT molecular complexity index is 816. The van der Waals surface area contributed by atoms with E-state index in [9.17, 15) is 0 Å². The summed E-state index contributed by atoms with van der Waals surface area (Å²) < 4.78 is 21.6. The lowest BCUT2D eigenvalue weighted by atomic mass is 10.1. The van der Waals surface area contributed by atoms with E-state index >= 15 is 0 Å². The Balaban J connectivity index is 1.69. The van der Waals surface area contributed by atoms with Crippen LogP contribution in [0.25, 0.3) is 10.8 Å². The topological polar surface area (TPSA) is 66.6 Å². The number of benzene rings is 2. The Labute approximate surface area is 140 Å². The number of aromatic nitrogens is 2. The predicted molar refractivity (Wildman–Crippen MR) is 89.2 cm³/mol. The summed E-state index contributed by atoms with van der Waals surface area (Å²) in [6.07, 6.45) is -0.194. The van der Waals surface area contributed by atoms with Gasteiger partial charge in [-0.2, -0.15) is 4.98 Å². The van der Waals surface area contributed by atoms with Crippen LogP contribution in [0.4, 0.5) is 0 Å². The molecule has 6 heteroatoms. The highest BCUT2D eigenvalue weighted by Crippen LogP contribution is 2.25. The molecule has 24 heavy (non-hydrogen) atoms. The SMILES string of the molecule is CCO[C@@H](C)c1noc(COc2ccc3ccc(OC)cc3c2)n1. The predicted octanol–water partition coefficient (Wildman–Crippen LogP) is 3.91. The molecule has 0 spiro atoms. The first-order valence-electron chi connectivity index (χ1n) is 7.84. The van der Waals surface area contributed by atoms with Gasteiger partial charge in [-0.3, -0.25) is 0 Å². The zero-order valence-electron chi connectivity index (χ0n) is 14.0. The second-order valence-corrected chi connectivity index (χ2v) is 5.31. The molecule has 0 saturated carbocycles. The lowest BCUT2D eigenvalue weighted by Crippen LogP contribution is -2.02. The van der Waals surface area contributed by atoms with E-state index < -0.39 is 0 Å². The first kappa shape index (κ1) is 16.3. The Morgan fingerprint density at radius 2 is 1.83 bits per heavy atom. The van der Waals surface area contributed by atoms with Crippen molar-refractivity contribution in [2.24, 2.45) is 0 Å². The van der Waals surface area contributed by atoms with Crippen molar-refractivity contribution in [2.75, 3.05) is 13.7 Å². The number of rotatable bonds is 7. The van der Waals surface area contributed by atoms with Crippen molar-refractivity contribution in [2.45, 2.75) is 26.6 Å². The molecule has 0 aliphatic rings. The minimum Gasteiger partial charge on any atom is -0.497 e. The fourth-order valence-electron chi connectivity index (χ4n) is 2.38. The van der Waals surface area contributed by atoms with Crippen LogP contribution in [-0.4, -0.2) is 23.9 Å². The third-order valence-corrected chi connectivity index (χ3v) is 3.65. The molecule has 6 nitrogen and oxygen atoms in total. The summed E-state index contributed by atoms with van der Waals surface area (Å²) in [5.74, 6) is 2.49. The summed E-state index contributed by atoms with van der Waals surface area (Å²) in [6, 6.07) is 11.8. The second-order valence-electron chi connectivity index (χ2n) is 5.31. The molecule has 1 aromatic heterocycles. The van der Waals surface area contributed by atoms with Crippen molar-refractivity contribution in [1.82, 2.24) is 10.1 Å². The molecule has 0 unspecified atom stereocenters. The highest BCUT2D eigenvalue weighted by molar-refractivity contribution is 5.85. The van der Waals surface area contributed by atoms with E-state index in [1.54, 1.807) is 7.11 Å². The summed E-state index contributed by atoms with van der Waals surface area (Å²) in [5.41, 5.74) is 0. The third kappa shape index (κ3) is 3.65. The van der Waals surface area contributed by atoms with E-state index in [1.807, 2.05) is 50.2 Å². The van der Waals surface area contributed by atoms with Crippen LogP contribution >= 0.6 is 0 Å². The number of fused-ring (bicyclic) bond motifs is 1. The van der Waals surface area contributed by atoms with Gasteiger partial charge >= 0.3 is 0 Å². The van der Waals surface area contributed by atoms with Crippen LogP contribution in [0.2, 0.25) is 0 Å². The third-order valence-electron chi connectivity index (χ3n) is 3.65. The summed E-state index contributed by atoms with van der Waals surface area (Å²) in [7, 11) is 1.65. The average Bonchev–Trinajstić information content (AvgIpc) is 3.08. The van der Waals surface area contributed by atoms with Crippen LogP contribution in [0.1, 0.15) is 31.7 Å². The van der Waals surface area contributed by atoms with Gasteiger partial charge in [-0.05, 0) is 48.9 Å². The smallest absolute Gasteiger partial charge is 0.264 e. The van der Waals surface area contributed by atoms with Crippen LogP contribution in [0, 0.1) is 0 Å². The molecule has 0 radical (unpaired) electrons. The number of nitrogens with zero attached hydrogens (tertiary/aromatic N) is 2. The molecule has 3 rings (SSSR count). The van der Waals surface area contributed by atoms with Gasteiger partial charge in [0.25, 0.3) is 5.89 Å². The number of hydrogen-bond acceptors (Lipinski definition) is 6. The fourth-order valence-corrected chi connectivity index (χ4v) is 2.38. The zero-order chi connectivity index (χ0) is 16.9. The second kappa shape index (κ2) is 7.31. The van der Waals surface area contributed by atoms with E-state index in [1.165, 1.54) is 0 Å². The molecule has 1 heterocycles. The van der Waals surface area contributed by atoms with Crippen molar-refractivity contribution in [3.8, 4) is 11.5 Å². The number of ether oxygens (including phenoxy) is 3. The van der Waals surface area contributed by atoms with E-state index in [2.05, 4.69) is 10.1 Å². The molecule has 1 atom stereocenters. The van der Waals surface area contributed by atoms with Gasteiger partial charge in [0.05, 0.1) is 7.11 Å². The molecule has 0 bridgehead atoms. The normalized spacial score (nSPS) is 12.3. The van der Waals surface area contributed by atoms with Crippen molar-refractivity contribution < 1.29 is 18.7 Å². The van der Waals surface area contributed by atoms with Crippen LogP contribution in [0.15, 0.2) is 40.9 Å². The Morgan fingerprint density at radius 3 is 2.58 bits per heavy atom. The Kier molecular flexibility index (Phi) is 4.96. The lowest BCUT2D eigenvalue weighted by molar-refractivity contribution is 0.0683. The Hall–Kier alpha value is -2.60. The maximum absolute atomic E-state index is 5.75. The maximum atomic E-state index is 5.75. The first-order chi connectivity index (χ1) is 11.7. The lowest BCUT2D eigenvalue weighted by Gasteiger charge is -2.06. The summed E-state index contributed by atoms with van der Waals surface area (Å²) in [5, 5.41) is 6.08. The van der Waals surface area contributed by atoms with Gasteiger partial charge < -0.3 is 18.7 Å². The van der Waals surface area contributed by atoms with Crippen LogP contribution in [-0.2, 0) is 11.3 Å². The van der Waals surface area contributed by atoms with E-state index in [0.717, 1.165) is 22.3 Å². The quantitative estimate of drug-likeness (QED) is 0.655. The Morgan fingerprint density at radius 1 is 1.08 bits per heavy atom. The van der Waals surface area contributed by atoms with E-state index in [4.69, 9.17) is 18.7 Å². The number of methoxy groups -OCH3 is 1. The van der Waals surface area contributed by atoms with E-state index in [-0.39, 0.29) is 12.7 Å². The largest absolute Gasteiger partial charge is 0.497 e. The van der Waals surface area contributed by atoms with Crippen molar-refractivity contribution in [3.63, 3.8) is 0 Å². The molecular weight excluding hydrogens is 308 g/mol. The molecule has 0 N–H and O–H groups in total. The minimum atomic E-state index is -0.194. The van der Waals surface area contributed by atoms with Crippen LogP contribution in [0.5, 0.6) is 11.5 Å². The van der Waals surface area contributed by atoms with Gasteiger partial charge in [0, 0.05) is 6.61 Å². The minimum absolute atomic E-state index is 0.194. The van der Waals surface area contributed by atoms with Crippen molar-refractivity contribution >= 4 is 10.8 Å². The molecule has 0 saturated heterocycles. The summed E-state index contributed by atoms with van der Waals surface area (Å²) >= 11 is 0. The van der Waals surface area contributed by atoms with Gasteiger partial charge in [-0.25, -0.2) is 0 Å². The molecule has 2 aromatic carbocycles. The van der Waals surface area contributed by atoms with Gasteiger partial charge in [0.15, 0.2) is 12.4 Å². The van der Waals surface area contributed by atoms with E-state index in [0.29, 0.717) is 18.3 Å². The molecule has 0 aliphatic carbocycles. The highest BCUT2D eigenvalue weighted by atomic mass is 16.5. The molecule has 126 valence electrons. The zero-order valence-corrected chi connectivity index (χ0v) is 14.0. The fraction of sp³-hybridized carbons (Fsp3) is 0.333. The summed E-state index contributed by atoms with van der Waals surface area (Å²) in [4.78, 5) is 4.29. The molecule has 0 amide bonds. The van der Waals surface area contributed by atoms with Gasteiger partial charge in [-0.1, -0.05) is 17.3 Å². The van der Waals surface area contributed by atoms with Gasteiger partial charge in [0.1, 0.15) is 17.6 Å². The molecular formula is C18H20N2O4. The standard InChI is InChI=1S/C18H20N2O4/c1-4-22-12(2)18-19-17(24-20-18)11-23-16-8-6-13-5-7-15(21-3)9-14(13)10-16/h5-10,12H,4,11H2,1-3H3/t12-/m0/s1. The average molecular weight is 328 g/mol. The van der Waals surface area contributed by atoms with Crippen LogP contribution < -0.4 is 9.47 Å². The molecule has 0 fully saturated rings. The first-order valence-corrected chi connectivity index (χ1v) is 7.84. The molecule has 0 aliphatic heterocycles.